The summed E-state index contributed by atoms with van der Waals surface area (Å²) in [6.45, 7) is 4.44. The fourth-order valence-electron chi connectivity index (χ4n) is 1.23. The first-order chi connectivity index (χ1) is 6.16. The molecule has 1 fully saturated rings. The van der Waals surface area contributed by atoms with E-state index in [1.807, 2.05) is 0 Å². The van der Waals surface area contributed by atoms with E-state index >= 15 is 0 Å². The van der Waals surface area contributed by atoms with Gasteiger partial charge in [-0.05, 0) is 6.10 Å². The maximum atomic E-state index is 9.49. The topological polar surface area (TPSA) is 47.9 Å². The number of aliphatic hydroxyl groups excluding tert-OH is 1. The van der Waals surface area contributed by atoms with Crippen molar-refractivity contribution in [3.63, 3.8) is 0 Å². The summed E-state index contributed by atoms with van der Waals surface area (Å²) in [5.74, 6) is 0. The Bertz CT molecular complexity index is 160. The van der Waals surface area contributed by atoms with Gasteiger partial charge in [-0.3, -0.25) is 0 Å². The van der Waals surface area contributed by atoms with Crippen molar-refractivity contribution in [1.29, 1.82) is 0 Å². The smallest absolute Gasteiger partial charge is 0.411 e. The number of methoxy groups -OCH3 is 1. The summed E-state index contributed by atoms with van der Waals surface area (Å²) in [6, 6.07) is -0.602. The average Bonchev–Trinajstić information content (AvgIpc) is 2.32. The summed E-state index contributed by atoms with van der Waals surface area (Å²) in [4.78, 5) is 0. The minimum absolute atomic E-state index is 0. The Morgan fingerprint density at radius 1 is 1.50 bits per heavy atom. The molecule has 0 aliphatic carbocycles. The second kappa shape index (κ2) is 6.92. The molecule has 0 amide bonds. The summed E-state index contributed by atoms with van der Waals surface area (Å²) < 4.78 is 15.1. The van der Waals surface area contributed by atoms with Crippen LogP contribution in [0.3, 0.4) is 0 Å². The molecule has 81 valence electrons. The molecule has 4 nitrogen and oxygen atoms in total. The predicted molar refractivity (Wildman–Crippen MR) is 47.4 cm³/mol. The van der Waals surface area contributed by atoms with Gasteiger partial charge in [0.1, 0.15) is 14.0 Å². The molecule has 1 aliphatic rings. The molecule has 1 rings (SSSR count). The maximum Gasteiger partial charge on any atom is 1.00 e. The molecule has 1 N–H and O–H groups in total. The van der Waals surface area contributed by atoms with Crippen LogP contribution < -0.4 is 0 Å². The van der Waals surface area contributed by atoms with Gasteiger partial charge in [0.25, 0.3) is 0 Å². The molecule has 4 atom stereocenters. The standard InChI is InChI=1S/C8H14BO4.Os/c1-5-6(10)7(8(9)13-5)12-4-3-11-2;/h5-8,10H,1,3-4H2,2H3;/q-1;+1/t5-,6?,7?,8-;/m1./s1. The number of hydrogen-bond acceptors (Lipinski definition) is 4. The van der Waals surface area contributed by atoms with Crippen molar-refractivity contribution >= 4 is 7.85 Å². The Kier molecular flexibility index (Phi) is 7.19. The molecule has 1 heterocycles. The summed E-state index contributed by atoms with van der Waals surface area (Å²) >= 11 is 0. The fraction of sp³-hybridized carbons (Fsp3) is 0.875. The van der Waals surface area contributed by atoms with Gasteiger partial charge in [-0.1, -0.05) is 0 Å². The third kappa shape index (κ3) is 3.60. The minimum atomic E-state index is -0.758. The normalized spacial score (nSPS) is 36.8. The van der Waals surface area contributed by atoms with E-state index in [1.54, 1.807) is 7.11 Å². The third-order valence-corrected chi connectivity index (χ3v) is 1.97. The Hall–Kier alpha value is 0.541. The van der Waals surface area contributed by atoms with Crippen molar-refractivity contribution < 1.29 is 39.1 Å². The van der Waals surface area contributed by atoms with Gasteiger partial charge in [0.05, 0.1) is 19.3 Å². The zero-order chi connectivity index (χ0) is 9.84. The maximum absolute atomic E-state index is 9.49. The van der Waals surface area contributed by atoms with E-state index in [4.69, 9.17) is 22.1 Å². The third-order valence-electron chi connectivity index (χ3n) is 1.97. The predicted octanol–water partition coefficient (Wildman–Crippen LogP) is -0.896. The van der Waals surface area contributed by atoms with Crippen molar-refractivity contribution in [3.8, 4) is 0 Å². The first-order valence-corrected chi connectivity index (χ1v) is 4.19. The van der Waals surface area contributed by atoms with Crippen LogP contribution in [0.25, 0.3) is 0 Å². The first-order valence-electron chi connectivity index (χ1n) is 4.19. The van der Waals surface area contributed by atoms with Crippen molar-refractivity contribution in [2.45, 2.75) is 24.3 Å². The molecular formula is C8H14BO4Os. The van der Waals surface area contributed by atoms with Gasteiger partial charge in [0.2, 0.25) is 0 Å². The van der Waals surface area contributed by atoms with Crippen LogP contribution in [0.5, 0.6) is 0 Å². The quantitative estimate of drug-likeness (QED) is 0.393. The molecule has 6 heteroatoms. The van der Waals surface area contributed by atoms with Crippen LogP contribution in [0.1, 0.15) is 0 Å². The Labute approximate surface area is 98.8 Å². The Balaban J connectivity index is 0.00000169. The molecule has 1 saturated heterocycles. The van der Waals surface area contributed by atoms with Crippen LogP contribution in [0.2, 0.25) is 0 Å². The molecular weight excluding hydrogens is 361 g/mol. The van der Waals surface area contributed by atoms with Crippen LogP contribution >= 0.6 is 0 Å². The van der Waals surface area contributed by atoms with Crippen molar-refractivity contribution in [3.05, 3.63) is 6.92 Å². The number of ether oxygens (including phenoxy) is 3. The molecule has 0 aromatic heterocycles. The largest absolute Gasteiger partial charge is 1.00 e. The minimum Gasteiger partial charge on any atom is -0.411 e. The molecule has 14 heavy (non-hydrogen) atoms. The molecule has 1 aliphatic heterocycles. The average molecular weight is 375 g/mol. The molecule has 3 radical (unpaired) electrons. The molecule has 0 bridgehead atoms. The molecule has 0 aromatic carbocycles. The summed E-state index contributed by atoms with van der Waals surface area (Å²) in [7, 11) is 7.13. The van der Waals surface area contributed by atoms with Crippen molar-refractivity contribution in [2.24, 2.45) is 0 Å². The molecule has 0 spiro atoms. The van der Waals surface area contributed by atoms with Gasteiger partial charge in [-0.2, -0.15) is 0 Å². The van der Waals surface area contributed by atoms with E-state index < -0.39 is 24.3 Å². The molecule has 2 unspecified atom stereocenters. The van der Waals surface area contributed by atoms with E-state index in [2.05, 4.69) is 6.92 Å². The van der Waals surface area contributed by atoms with Crippen LogP contribution in [0, 0.1) is 6.92 Å². The van der Waals surface area contributed by atoms with E-state index in [0.29, 0.717) is 13.2 Å². The van der Waals surface area contributed by atoms with Crippen LogP contribution in [-0.4, -0.2) is 57.6 Å². The van der Waals surface area contributed by atoms with Gasteiger partial charge in [0, 0.05) is 13.1 Å². The molecule has 0 aromatic rings. The van der Waals surface area contributed by atoms with Crippen LogP contribution in [-0.2, 0) is 34.0 Å². The van der Waals surface area contributed by atoms with Gasteiger partial charge < -0.3 is 26.2 Å². The number of rotatable bonds is 4. The second-order valence-corrected chi connectivity index (χ2v) is 2.96. The van der Waals surface area contributed by atoms with E-state index in [0.717, 1.165) is 0 Å². The fourth-order valence-corrected chi connectivity index (χ4v) is 1.23. The van der Waals surface area contributed by atoms with Crippen LogP contribution in [0.4, 0.5) is 0 Å². The zero-order valence-electron chi connectivity index (χ0n) is 8.03. The van der Waals surface area contributed by atoms with Gasteiger partial charge >= 0.3 is 19.8 Å². The summed E-state index contributed by atoms with van der Waals surface area (Å²) in [5.41, 5.74) is 0. The van der Waals surface area contributed by atoms with E-state index in [-0.39, 0.29) is 19.8 Å². The summed E-state index contributed by atoms with van der Waals surface area (Å²) in [6.07, 6.45) is -1.77. The SMILES string of the molecule is [B][C@@H]1O[C@H]([CH2-])C(O)C1OCCOC.[Os+]. The van der Waals surface area contributed by atoms with Crippen molar-refractivity contribution in [2.75, 3.05) is 20.3 Å². The van der Waals surface area contributed by atoms with Gasteiger partial charge in [-0.25, -0.2) is 0 Å². The molecule has 0 saturated carbocycles. The van der Waals surface area contributed by atoms with Crippen LogP contribution in [0.15, 0.2) is 0 Å². The second-order valence-electron chi connectivity index (χ2n) is 2.96. The number of hydrogen-bond donors (Lipinski definition) is 1. The van der Waals surface area contributed by atoms with Gasteiger partial charge in [0.15, 0.2) is 0 Å². The first kappa shape index (κ1) is 14.5. The zero-order valence-corrected chi connectivity index (χ0v) is 10.6. The number of aliphatic hydroxyl groups is 1. The van der Waals surface area contributed by atoms with E-state index in [9.17, 15) is 5.11 Å². The van der Waals surface area contributed by atoms with Gasteiger partial charge in [-0.15, -0.1) is 0 Å². The summed E-state index contributed by atoms with van der Waals surface area (Å²) in [5, 5.41) is 9.49. The van der Waals surface area contributed by atoms with Crippen molar-refractivity contribution in [1.82, 2.24) is 0 Å². The Morgan fingerprint density at radius 3 is 2.57 bits per heavy atom. The monoisotopic (exact) mass is 377 g/mol. The van der Waals surface area contributed by atoms with E-state index in [1.165, 1.54) is 0 Å². The Morgan fingerprint density at radius 2 is 2.14 bits per heavy atom.